The van der Waals surface area contributed by atoms with Crippen molar-refractivity contribution in [3.05, 3.63) is 0 Å². The molecule has 5 heteroatoms. The zero-order chi connectivity index (χ0) is 17.5. The van der Waals surface area contributed by atoms with Crippen LogP contribution in [0.15, 0.2) is 0 Å². The van der Waals surface area contributed by atoms with Crippen LogP contribution in [0.2, 0.25) is 0 Å². The maximum Gasteiger partial charge on any atom is 0.361 e. The molecule has 0 aliphatic carbocycles. The van der Waals surface area contributed by atoms with Crippen LogP contribution in [0, 0.1) is 5.92 Å². The van der Waals surface area contributed by atoms with Crippen molar-refractivity contribution in [3.63, 3.8) is 0 Å². The van der Waals surface area contributed by atoms with Crippen LogP contribution in [0.5, 0.6) is 0 Å². The second kappa shape index (κ2) is 14.5. The number of hydrogen-bond acceptors (Lipinski definition) is 5. The molecule has 5 nitrogen and oxygen atoms in total. The van der Waals surface area contributed by atoms with E-state index in [1.165, 1.54) is 0 Å². The standard InChI is InChI=1S/C18H34O5/c1-4-7-9-11-13-15(16(19)12-6-3)18(21)23-22-17(20)14-10-8-5-2/h15-16,19H,4-14H2,1-3H3. The van der Waals surface area contributed by atoms with E-state index >= 15 is 0 Å². The first-order chi connectivity index (χ1) is 11.1. The molecule has 1 N–H and O–H groups in total. The van der Waals surface area contributed by atoms with Gasteiger partial charge in [-0.2, -0.15) is 0 Å². The van der Waals surface area contributed by atoms with Crippen LogP contribution in [0.4, 0.5) is 0 Å². The summed E-state index contributed by atoms with van der Waals surface area (Å²) in [6, 6.07) is 0. The number of unbranched alkanes of at least 4 members (excludes halogenated alkanes) is 5. The Morgan fingerprint density at radius 2 is 1.48 bits per heavy atom. The highest BCUT2D eigenvalue weighted by Crippen LogP contribution is 2.20. The summed E-state index contributed by atoms with van der Waals surface area (Å²) in [5, 5.41) is 10.1. The largest absolute Gasteiger partial charge is 0.392 e. The smallest absolute Gasteiger partial charge is 0.361 e. The second-order valence-electron chi connectivity index (χ2n) is 6.13. The van der Waals surface area contributed by atoms with Crippen LogP contribution in [0.1, 0.15) is 91.4 Å². The van der Waals surface area contributed by atoms with Crippen molar-refractivity contribution in [2.45, 2.75) is 97.5 Å². The molecule has 0 amide bonds. The molecule has 0 spiro atoms. The molecule has 0 radical (unpaired) electrons. The Balaban J connectivity index is 4.28. The zero-order valence-electron chi connectivity index (χ0n) is 15.0. The van der Waals surface area contributed by atoms with Crippen LogP contribution >= 0.6 is 0 Å². The van der Waals surface area contributed by atoms with E-state index < -0.39 is 24.0 Å². The zero-order valence-corrected chi connectivity index (χ0v) is 15.0. The van der Waals surface area contributed by atoms with Gasteiger partial charge in [-0.15, -0.1) is 0 Å². The van der Waals surface area contributed by atoms with Crippen molar-refractivity contribution in [1.82, 2.24) is 0 Å². The van der Waals surface area contributed by atoms with Crippen molar-refractivity contribution >= 4 is 11.9 Å². The Morgan fingerprint density at radius 3 is 2.09 bits per heavy atom. The average Bonchev–Trinajstić information content (AvgIpc) is 2.53. The first kappa shape index (κ1) is 21.9. The molecule has 0 aliphatic rings. The van der Waals surface area contributed by atoms with Gasteiger partial charge in [0.05, 0.1) is 18.4 Å². The number of rotatable bonds is 13. The molecule has 0 aliphatic heterocycles. The van der Waals surface area contributed by atoms with Crippen molar-refractivity contribution in [2.75, 3.05) is 0 Å². The Bertz CT molecular complexity index is 317. The fourth-order valence-electron chi connectivity index (χ4n) is 2.47. The van der Waals surface area contributed by atoms with Gasteiger partial charge >= 0.3 is 11.9 Å². The Morgan fingerprint density at radius 1 is 0.826 bits per heavy atom. The molecular weight excluding hydrogens is 296 g/mol. The first-order valence-electron chi connectivity index (χ1n) is 9.15. The fraction of sp³-hybridized carbons (Fsp3) is 0.889. The van der Waals surface area contributed by atoms with E-state index in [9.17, 15) is 14.7 Å². The molecule has 0 aromatic rings. The predicted molar refractivity (Wildman–Crippen MR) is 89.5 cm³/mol. The molecule has 2 atom stereocenters. The summed E-state index contributed by atoms with van der Waals surface area (Å²) >= 11 is 0. The minimum absolute atomic E-state index is 0.250. The van der Waals surface area contributed by atoms with E-state index in [0.717, 1.165) is 51.4 Å². The number of aliphatic hydroxyl groups excluding tert-OH is 1. The molecule has 0 rings (SSSR count). The molecule has 0 aromatic carbocycles. The summed E-state index contributed by atoms with van der Waals surface area (Å²) in [7, 11) is 0. The van der Waals surface area contributed by atoms with Gasteiger partial charge in [-0.25, -0.2) is 19.4 Å². The lowest BCUT2D eigenvalue weighted by Gasteiger charge is -2.20. The molecule has 0 fully saturated rings. The average molecular weight is 330 g/mol. The lowest BCUT2D eigenvalue weighted by Crippen LogP contribution is -2.30. The third-order valence-electron chi connectivity index (χ3n) is 3.92. The topological polar surface area (TPSA) is 72.8 Å². The highest BCUT2D eigenvalue weighted by molar-refractivity contribution is 5.75. The van der Waals surface area contributed by atoms with Crippen LogP contribution < -0.4 is 0 Å². The molecule has 0 saturated heterocycles. The number of aliphatic hydroxyl groups is 1. The molecule has 23 heavy (non-hydrogen) atoms. The fourth-order valence-corrected chi connectivity index (χ4v) is 2.47. The lowest BCUT2D eigenvalue weighted by atomic mass is 9.93. The molecule has 0 heterocycles. The summed E-state index contributed by atoms with van der Waals surface area (Å²) in [5.74, 6) is -1.77. The van der Waals surface area contributed by atoms with E-state index in [2.05, 4.69) is 16.7 Å². The van der Waals surface area contributed by atoms with Crippen LogP contribution in [0.25, 0.3) is 0 Å². The van der Waals surface area contributed by atoms with Crippen molar-refractivity contribution in [3.8, 4) is 0 Å². The molecule has 0 aromatic heterocycles. The summed E-state index contributed by atoms with van der Waals surface area (Å²) in [5.41, 5.74) is 0. The maximum atomic E-state index is 12.1. The Labute approximate surface area is 140 Å². The predicted octanol–water partition coefficient (Wildman–Crippen LogP) is 4.32. The van der Waals surface area contributed by atoms with Crippen molar-refractivity contribution in [1.29, 1.82) is 0 Å². The van der Waals surface area contributed by atoms with Gasteiger partial charge in [-0.3, -0.25) is 0 Å². The van der Waals surface area contributed by atoms with Gasteiger partial charge in [-0.05, 0) is 19.3 Å². The lowest BCUT2D eigenvalue weighted by molar-refractivity contribution is -0.264. The van der Waals surface area contributed by atoms with E-state index in [1.54, 1.807) is 0 Å². The quantitative estimate of drug-likeness (QED) is 0.309. The monoisotopic (exact) mass is 330 g/mol. The SMILES string of the molecule is CCCCCCC(C(=O)OOC(=O)CCCCC)C(O)CCC. The molecule has 136 valence electrons. The third kappa shape index (κ3) is 11.1. The van der Waals surface area contributed by atoms with Gasteiger partial charge in [0.1, 0.15) is 0 Å². The Kier molecular flexibility index (Phi) is 13.8. The number of carbonyl (C=O) groups is 2. The Hall–Kier alpha value is -1.10. The molecule has 0 bridgehead atoms. The molecule has 0 saturated carbocycles. The van der Waals surface area contributed by atoms with E-state index in [0.29, 0.717) is 12.8 Å². The van der Waals surface area contributed by atoms with Gasteiger partial charge in [0, 0.05) is 0 Å². The van der Waals surface area contributed by atoms with Gasteiger partial charge in [0.2, 0.25) is 0 Å². The van der Waals surface area contributed by atoms with E-state index in [1.807, 2.05) is 13.8 Å². The van der Waals surface area contributed by atoms with Crippen LogP contribution in [0.3, 0.4) is 0 Å². The van der Waals surface area contributed by atoms with Gasteiger partial charge in [0.15, 0.2) is 0 Å². The van der Waals surface area contributed by atoms with E-state index in [4.69, 9.17) is 0 Å². The number of hydrogen-bond donors (Lipinski definition) is 1. The highest BCUT2D eigenvalue weighted by Gasteiger charge is 2.29. The van der Waals surface area contributed by atoms with Gasteiger partial charge < -0.3 is 5.11 Å². The maximum absolute atomic E-state index is 12.1. The molecule has 2 unspecified atom stereocenters. The summed E-state index contributed by atoms with van der Waals surface area (Å²) in [4.78, 5) is 32.8. The van der Waals surface area contributed by atoms with Gasteiger partial charge in [-0.1, -0.05) is 65.7 Å². The van der Waals surface area contributed by atoms with E-state index in [-0.39, 0.29) is 6.42 Å². The minimum Gasteiger partial charge on any atom is -0.392 e. The summed E-state index contributed by atoms with van der Waals surface area (Å²) in [6.45, 7) is 6.12. The van der Waals surface area contributed by atoms with Gasteiger partial charge in [0.25, 0.3) is 0 Å². The molecular formula is C18H34O5. The minimum atomic E-state index is -0.743. The normalized spacial score (nSPS) is 13.4. The van der Waals surface area contributed by atoms with Crippen molar-refractivity contribution in [2.24, 2.45) is 5.92 Å². The summed E-state index contributed by atoms with van der Waals surface area (Å²) in [6.07, 6.45) is 8.18. The third-order valence-corrected chi connectivity index (χ3v) is 3.92. The number of carbonyl (C=O) groups excluding carboxylic acids is 2. The second-order valence-corrected chi connectivity index (χ2v) is 6.13. The first-order valence-corrected chi connectivity index (χ1v) is 9.15. The van der Waals surface area contributed by atoms with Crippen molar-refractivity contribution < 1.29 is 24.5 Å². The highest BCUT2D eigenvalue weighted by atomic mass is 17.2. The summed E-state index contributed by atoms with van der Waals surface area (Å²) < 4.78 is 0. The van der Waals surface area contributed by atoms with Crippen LogP contribution in [-0.2, 0) is 19.4 Å². The van der Waals surface area contributed by atoms with Crippen LogP contribution in [-0.4, -0.2) is 23.1 Å².